The molecule has 0 unspecified atom stereocenters. The minimum absolute atomic E-state index is 0.113. The molecular formula is C14H10Cl2N2O3. The summed E-state index contributed by atoms with van der Waals surface area (Å²) in [7, 11) is 0. The summed E-state index contributed by atoms with van der Waals surface area (Å²) in [5, 5.41) is 11.7. The van der Waals surface area contributed by atoms with E-state index >= 15 is 0 Å². The largest absolute Gasteiger partial charge is 0.481 e. The summed E-state index contributed by atoms with van der Waals surface area (Å²) in [5.41, 5.74) is 1.34. The molecule has 0 aliphatic carbocycles. The summed E-state index contributed by atoms with van der Waals surface area (Å²) in [5.74, 6) is -1.35. The van der Waals surface area contributed by atoms with Crippen LogP contribution in [0, 0.1) is 0 Å². The van der Waals surface area contributed by atoms with Crippen LogP contribution in [-0.2, 0) is 11.2 Å². The summed E-state index contributed by atoms with van der Waals surface area (Å²) in [6.07, 6.45) is 1.20. The van der Waals surface area contributed by atoms with Crippen molar-refractivity contribution in [3.63, 3.8) is 0 Å². The Bertz CT molecular complexity index is 704. The maximum absolute atomic E-state index is 12.0. The van der Waals surface area contributed by atoms with Crippen molar-refractivity contribution in [2.75, 3.05) is 5.32 Å². The van der Waals surface area contributed by atoms with Gasteiger partial charge in [-0.2, -0.15) is 0 Å². The highest BCUT2D eigenvalue weighted by molar-refractivity contribution is 6.41. The van der Waals surface area contributed by atoms with Gasteiger partial charge in [0.25, 0.3) is 5.91 Å². The van der Waals surface area contributed by atoms with Gasteiger partial charge in [0.15, 0.2) is 0 Å². The van der Waals surface area contributed by atoms with Crippen LogP contribution in [0.15, 0.2) is 36.5 Å². The molecule has 0 saturated heterocycles. The van der Waals surface area contributed by atoms with Gasteiger partial charge in [-0.3, -0.25) is 9.59 Å². The molecule has 0 radical (unpaired) electrons. The molecule has 2 aromatic rings. The van der Waals surface area contributed by atoms with Crippen molar-refractivity contribution in [2.24, 2.45) is 0 Å². The highest BCUT2D eigenvalue weighted by atomic mass is 35.5. The fourth-order valence-electron chi connectivity index (χ4n) is 1.68. The van der Waals surface area contributed by atoms with E-state index in [0.29, 0.717) is 11.3 Å². The molecule has 0 spiro atoms. The van der Waals surface area contributed by atoms with Crippen LogP contribution < -0.4 is 5.32 Å². The van der Waals surface area contributed by atoms with Crippen molar-refractivity contribution >= 4 is 40.8 Å². The first-order valence-corrected chi connectivity index (χ1v) is 6.64. The molecule has 0 atom stereocenters. The van der Waals surface area contributed by atoms with Crippen LogP contribution in [0.3, 0.4) is 0 Å². The van der Waals surface area contributed by atoms with E-state index in [2.05, 4.69) is 10.3 Å². The van der Waals surface area contributed by atoms with Crippen molar-refractivity contribution < 1.29 is 14.7 Å². The van der Waals surface area contributed by atoms with Crippen molar-refractivity contribution in [3.05, 3.63) is 57.8 Å². The second kappa shape index (κ2) is 6.56. The van der Waals surface area contributed by atoms with E-state index < -0.39 is 11.9 Å². The topological polar surface area (TPSA) is 79.3 Å². The number of rotatable bonds is 4. The minimum atomic E-state index is -0.938. The lowest BCUT2D eigenvalue weighted by atomic mass is 10.1. The van der Waals surface area contributed by atoms with Gasteiger partial charge in [-0.05, 0) is 23.8 Å². The Morgan fingerprint density at radius 3 is 2.67 bits per heavy atom. The predicted molar refractivity (Wildman–Crippen MR) is 80.0 cm³/mol. The van der Waals surface area contributed by atoms with Gasteiger partial charge in [0.2, 0.25) is 0 Å². The molecule has 108 valence electrons. The number of halogens is 2. The molecule has 1 aromatic heterocycles. The van der Waals surface area contributed by atoms with Crippen LogP contribution in [-0.4, -0.2) is 22.0 Å². The highest BCUT2D eigenvalue weighted by Gasteiger charge is 2.10. The molecule has 1 aromatic carbocycles. The summed E-state index contributed by atoms with van der Waals surface area (Å²) < 4.78 is 0. The number of amides is 1. The summed E-state index contributed by atoms with van der Waals surface area (Å²) in [6, 6.07) is 8.00. The molecule has 0 fully saturated rings. The Morgan fingerprint density at radius 1 is 1.24 bits per heavy atom. The van der Waals surface area contributed by atoms with E-state index in [1.54, 1.807) is 24.3 Å². The fraction of sp³-hybridized carbons (Fsp3) is 0.0714. The van der Waals surface area contributed by atoms with Crippen LogP contribution in [0.5, 0.6) is 0 Å². The van der Waals surface area contributed by atoms with Crippen LogP contribution in [0.4, 0.5) is 5.69 Å². The molecule has 21 heavy (non-hydrogen) atoms. The number of pyridine rings is 1. The van der Waals surface area contributed by atoms with E-state index in [9.17, 15) is 9.59 Å². The van der Waals surface area contributed by atoms with Gasteiger partial charge in [-0.15, -0.1) is 0 Å². The molecule has 0 aliphatic rings. The molecule has 0 aliphatic heterocycles. The number of carbonyl (C=O) groups excluding carboxylic acids is 1. The average molecular weight is 325 g/mol. The maximum Gasteiger partial charge on any atom is 0.307 e. The first-order valence-electron chi connectivity index (χ1n) is 5.89. The number of benzene rings is 1. The van der Waals surface area contributed by atoms with E-state index in [4.69, 9.17) is 28.3 Å². The highest BCUT2D eigenvalue weighted by Crippen LogP contribution is 2.20. The smallest absolute Gasteiger partial charge is 0.307 e. The average Bonchev–Trinajstić information content (AvgIpc) is 2.41. The number of aliphatic carboxylic acids is 1. The number of carboxylic acids is 1. The molecule has 0 saturated carbocycles. The van der Waals surface area contributed by atoms with Crippen LogP contribution in [0.25, 0.3) is 0 Å². The minimum Gasteiger partial charge on any atom is -0.481 e. The number of carbonyl (C=O) groups is 2. The summed E-state index contributed by atoms with van der Waals surface area (Å²) >= 11 is 11.5. The Kier molecular flexibility index (Phi) is 4.77. The predicted octanol–water partition coefficient (Wildman–Crippen LogP) is 3.27. The number of nitrogens with zero attached hydrogens (tertiary/aromatic N) is 1. The molecule has 1 amide bonds. The van der Waals surface area contributed by atoms with E-state index in [0.717, 1.165) is 0 Å². The third-order valence-electron chi connectivity index (χ3n) is 2.60. The monoisotopic (exact) mass is 324 g/mol. The van der Waals surface area contributed by atoms with Gasteiger partial charge >= 0.3 is 5.97 Å². The molecule has 7 heteroatoms. The Morgan fingerprint density at radius 2 is 2.00 bits per heavy atom. The zero-order chi connectivity index (χ0) is 15.4. The van der Waals surface area contributed by atoms with Gasteiger partial charge < -0.3 is 10.4 Å². The van der Waals surface area contributed by atoms with Crippen molar-refractivity contribution in [2.45, 2.75) is 6.42 Å². The molecular weight excluding hydrogens is 315 g/mol. The molecule has 1 heterocycles. The quantitative estimate of drug-likeness (QED) is 0.846. The van der Waals surface area contributed by atoms with E-state index in [1.165, 1.54) is 12.3 Å². The number of aromatic nitrogens is 1. The van der Waals surface area contributed by atoms with E-state index in [1.807, 2.05) is 0 Å². The summed E-state index contributed by atoms with van der Waals surface area (Å²) in [6.45, 7) is 0. The number of anilines is 1. The van der Waals surface area contributed by atoms with Crippen molar-refractivity contribution in [1.29, 1.82) is 0 Å². The molecule has 2 N–H and O–H groups in total. The lowest BCUT2D eigenvalue weighted by molar-refractivity contribution is -0.136. The van der Waals surface area contributed by atoms with Gasteiger partial charge in [0.05, 0.1) is 17.0 Å². The third-order valence-corrected chi connectivity index (χ3v) is 3.28. The first-order chi connectivity index (χ1) is 9.95. The molecule has 5 nitrogen and oxygen atoms in total. The first kappa shape index (κ1) is 15.3. The SMILES string of the molecule is O=C(O)Cc1cccc(NC(=O)c2cnc(Cl)c(Cl)c2)c1. The Hall–Kier alpha value is -2.11. The Labute approximate surface area is 130 Å². The van der Waals surface area contributed by atoms with Gasteiger partial charge in [0.1, 0.15) is 5.15 Å². The zero-order valence-corrected chi connectivity index (χ0v) is 12.1. The summed E-state index contributed by atoms with van der Waals surface area (Å²) in [4.78, 5) is 26.5. The maximum atomic E-state index is 12.0. The third kappa shape index (κ3) is 4.18. The number of carboxylic acid groups (broad SMARTS) is 1. The molecule has 2 rings (SSSR count). The van der Waals surface area contributed by atoms with Gasteiger partial charge in [-0.1, -0.05) is 35.3 Å². The number of hydrogen-bond acceptors (Lipinski definition) is 3. The lowest BCUT2D eigenvalue weighted by Crippen LogP contribution is -2.12. The fourth-order valence-corrected chi connectivity index (χ4v) is 1.95. The molecule has 0 bridgehead atoms. The lowest BCUT2D eigenvalue weighted by Gasteiger charge is -2.07. The number of hydrogen-bond donors (Lipinski definition) is 2. The van der Waals surface area contributed by atoms with Crippen LogP contribution >= 0.6 is 23.2 Å². The Balaban J connectivity index is 2.15. The van der Waals surface area contributed by atoms with Gasteiger partial charge in [0, 0.05) is 11.9 Å². The number of nitrogens with one attached hydrogen (secondary N) is 1. The zero-order valence-electron chi connectivity index (χ0n) is 10.6. The van der Waals surface area contributed by atoms with Gasteiger partial charge in [-0.25, -0.2) is 4.98 Å². The normalized spacial score (nSPS) is 10.2. The van der Waals surface area contributed by atoms with Crippen LogP contribution in [0.1, 0.15) is 15.9 Å². The van der Waals surface area contributed by atoms with E-state index in [-0.39, 0.29) is 22.2 Å². The second-order valence-electron chi connectivity index (χ2n) is 4.22. The van der Waals surface area contributed by atoms with Crippen molar-refractivity contribution in [1.82, 2.24) is 4.98 Å². The standard InChI is InChI=1S/C14H10Cl2N2O3/c15-11-6-9(7-17-13(11)16)14(21)18-10-3-1-2-8(4-10)5-12(19)20/h1-4,6-7H,5H2,(H,18,21)(H,19,20). The second-order valence-corrected chi connectivity index (χ2v) is 4.99. The van der Waals surface area contributed by atoms with Crippen molar-refractivity contribution in [3.8, 4) is 0 Å². The van der Waals surface area contributed by atoms with Crippen LogP contribution in [0.2, 0.25) is 10.2 Å².